The second-order valence-electron chi connectivity index (χ2n) is 3.72. The van der Waals surface area contributed by atoms with Gasteiger partial charge >= 0.3 is 0 Å². The molecule has 0 aliphatic rings. The monoisotopic (exact) mass is 239 g/mol. The molecule has 0 fully saturated rings. The first-order valence-electron chi connectivity index (χ1n) is 4.93. The fraction of sp³-hybridized carbons (Fsp3) is 0.273. The van der Waals surface area contributed by atoms with E-state index in [9.17, 15) is 9.18 Å². The molecule has 0 aliphatic carbocycles. The Kier molecular flexibility index (Phi) is 4.03. The van der Waals surface area contributed by atoms with E-state index in [1.165, 1.54) is 30.1 Å². The van der Waals surface area contributed by atoms with Crippen LogP contribution in [0.5, 0.6) is 0 Å². The van der Waals surface area contributed by atoms with Gasteiger partial charge in [0.05, 0.1) is 6.54 Å². The zero-order valence-corrected chi connectivity index (χ0v) is 9.64. The minimum atomic E-state index is -0.361. The number of amides is 1. The Hall–Kier alpha value is -2.11. The van der Waals surface area contributed by atoms with Crippen LogP contribution in [0.25, 0.3) is 0 Å². The molecule has 92 valence electrons. The van der Waals surface area contributed by atoms with E-state index in [-0.39, 0.29) is 24.1 Å². The molecule has 1 amide bonds. The number of halogens is 1. The van der Waals surface area contributed by atoms with Crippen LogP contribution in [0.3, 0.4) is 0 Å². The number of aryl methyl sites for hydroxylation is 1. The van der Waals surface area contributed by atoms with Gasteiger partial charge in [0.15, 0.2) is 5.84 Å². The molecule has 0 aromatic heterocycles. The van der Waals surface area contributed by atoms with Crippen molar-refractivity contribution in [3.05, 3.63) is 35.1 Å². The first-order valence-corrected chi connectivity index (χ1v) is 4.93. The molecule has 0 atom stereocenters. The van der Waals surface area contributed by atoms with E-state index in [4.69, 9.17) is 10.9 Å². The van der Waals surface area contributed by atoms with Crippen LogP contribution in [0.2, 0.25) is 0 Å². The Balaban J connectivity index is 2.85. The fourth-order valence-corrected chi connectivity index (χ4v) is 1.34. The number of carbonyl (C=O) groups excluding carboxylic acids is 1. The number of nitrogens with zero attached hydrogens (tertiary/aromatic N) is 2. The van der Waals surface area contributed by atoms with Gasteiger partial charge in [-0.25, -0.2) is 4.39 Å². The minimum Gasteiger partial charge on any atom is -0.409 e. The summed E-state index contributed by atoms with van der Waals surface area (Å²) in [6.07, 6.45) is 0. The molecule has 5 nitrogen and oxygen atoms in total. The standard InChI is InChI=1S/C11H14FN3O2/c1-7-5-8(3-4-9(7)12)11(16)15(2)6-10(13)14-17/h3-5,17H,6H2,1-2H3,(H2,13,14). The van der Waals surface area contributed by atoms with Gasteiger partial charge in [-0.15, -0.1) is 0 Å². The summed E-state index contributed by atoms with van der Waals surface area (Å²) < 4.78 is 13.0. The average Bonchev–Trinajstić information content (AvgIpc) is 2.31. The zero-order valence-electron chi connectivity index (χ0n) is 9.64. The molecule has 1 aromatic rings. The maximum Gasteiger partial charge on any atom is 0.254 e. The fourth-order valence-electron chi connectivity index (χ4n) is 1.34. The molecule has 0 bridgehead atoms. The van der Waals surface area contributed by atoms with Crippen molar-refractivity contribution in [1.29, 1.82) is 0 Å². The topological polar surface area (TPSA) is 78.9 Å². The molecule has 0 aliphatic heterocycles. The summed E-state index contributed by atoms with van der Waals surface area (Å²) in [6.45, 7) is 1.58. The second-order valence-corrected chi connectivity index (χ2v) is 3.72. The summed E-state index contributed by atoms with van der Waals surface area (Å²) in [5, 5.41) is 11.2. The van der Waals surface area contributed by atoms with E-state index in [1.54, 1.807) is 6.92 Å². The molecule has 6 heteroatoms. The minimum absolute atomic E-state index is 0.00571. The van der Waals surface area contributed by atoms with Crippen molar-refractivity contribution in [3.63, 3.8) is 0 Å². The lowest BCUT2D eigenvalue weighted by atomic mass is 10.1. The van der Waals surface area contributed by atoms with Crippen molar-refractivity contribution in [3.8, 4) is 0 Å². The first-order chi connectivity index (χ1) is 7.95. The van der Waals surface area contributed by atoms with Crippen molar-refractivity contribution in [2.75, 3.05) is 13.6 Å². The number of oxime groups is 1. The molecule has 1 aromatic carbocycles. The highest BCUT2D eigenvalue weighted by molar-refractivity contribution is 5.96. The molecular weight excluding hydrogens is 225 g/mol. The van der Waals surface area contributed by atoms with Gasteiger partial charge in [-0.05, 0) is 30.7 Å². The molecule has 0 spiro atoms. The lowest BCUT2D eigenvalue weighted by molar-refractivity contribution is 0.0813. The van der Waals surface area contributed by atoms with E-state index in [0.29, 0.717) is 11.1 Å². The predicted octanol–water partition coefficient (Wildman–Crippen LogP) is 0.953. The molecule has 0 unspecified atom stereocenters. The smallest absolute Gasteiger partial charge is 0.254 e. The van der Waals surface area contributed by atoms with Crippen LogP contribution < -0.4 is 5.73 Å². The summed E-state index contributed by atoms with van der Waals surface area (Å²) in [6, 6.07) is 4.09. The SMILES string of the molecule is Cc1cc(C(=O)N(C)CC(N)=NO)ccc1F. The molecule has 3 N–H and O–H groups in total. The Morgan fingerprint density at radius 1 is 1.59 bits per heavy atom. The average molecular weight is 239 g/mol. The number of carbonyl (C=O) groups is 1. The Bertz CT molecular complexity index is 460. The van der Waals surface area contributed by atoms with Crippen molar-refractivity contribution >= 4 is 11.7 Å². The lowest BCUT2D eigenvalue weighted by Gasteiger charge is -2.16. The third kappa shape index (κ3) is 3.17. The van der Waals surface area contributed by atoms with Crippen LogP contribution in [0, 0.1) is 12.7 Å². The number of nitrogens with two attached hydrogens (primary N) is 1. The van der Waals surface area contributed by atoms with Crippen LogP contribution in [-0.2, 0) is 0 Å². The van der Waals surface area contributed by atoms with Gasteiger partial charge in [-0.2, -0.15) is 0 Å². The van der Waals surface area contributed by atoms with Gasteiger partial charge in [0.1, 0.15) is 5.82 Å². The normalized spacial score (nSPS) is 11.4. The van der Waals surface area contributed by atoms with Crippen LogP contribution in [0.15, 0.2) is 23.4 Å². The molecule has 1 rings (SSSR count). The summed E-state index contributed by atoms with van der Waals surface area (Å²) in [5.41, 5.74) is 6.04. The molecule has 0 saturated heterocycles. The van der Waals surface area contributed by atoms with Crippen molar-refractivity contribution < 1.29 is 14.4 Å². The van der Waals surface area contributed by atoms with Crippen molar-refractivity contribution in [2.24, 2.45) is 10.9 Å². The summed E-state index contributed by atoms with van der Waals surface area (Å²) in [7, 11) is 1.51. The van der Waals surface area contributed by atoms with E-state index >= 15 is 0 Å². The number of amidine groups is 1. The Morgan fingerprint density at radius 3 is 2.76 bits per heavy atom. The molecule has 0 radical (unpaired) electrons. The van der Waals surface area contributed by atoms with Crippen LogP contribution in [-0.4, -0.2) is 35.4 Å². The largest absolute Gasteiger partial charge is 0.409 e. The second kappa shape index (κ2) is 5.29. The quantitative estimate of drug-likeness (QED) is 0.357. The predicted molar refractivity (Wildman–Crippen MR) is 61.5 cm³/mol. The van der Waals surface area contributed by atoms with Crippen molar-refractivity contribution in [1.82, 2.24) is 4.90 Å². The summed E-state index contributed by atoms with van der Waals surface area (Å²) >= 11 is 0. The van der Waals surface area contributed by atoms with Gasteiger partial charge < -0.3 is 15.8 Å². The summed E-state index contributed by atoms with van der Waals surface area (Å²) in [4.78, 5) is 13.2. The van der Waals surface area contributed by atoms with Crippen LogP contribution >= 0.6 is 0 Å². The highest BCUT2D eigenvalue weighted by atomic mass is 19.1. The van der Waals surface area contributed by atoms with Gasteiger partial charge in [0, 0.05) is 12.6 Å². The first kappa shape index (κ1) is 13.0. The number of rotatable bonds is 3. The van der Waals surface area contributed by atoms with E-state index in [0.717, 1.165) is 0 Å². The maximum absolute atomic E-state index is 13.0. The molecular formula is C11H14FN3O2. The van der Waals surface area contributed by atoms with E-state index in [2.05, 4.69) is 5.16 Å². The number of benzene rings is 1. The third-order valence-corrected chi connectivity index (χ3v) is 2.28. The molecule has 0 heterocycles. The summed E-state index contributed by atoms with van der Waals surface area (Å²) in [5.74, 6) is -0.750. The van der Waals surface area contributed by atoms with Crippen LogP contribution in [0.4, 0.5) is 4.39 Å². The number of likely N-dealkylation sites (N-methyl/N-ethyl adjacent to an activating group) is 1. The lowest BCUT2D eigenvalue weighted by Crippen LogP contribution is -2.35. The zero-order chi connectivity index (χ0) is 13.0. The van der Waals surface area contributed by atoms with Gasteiger partial charge in [0.25, 0.3) is 5.91 Å². The maximum atomic E-state index is 13.0. The number of hydrogen-bond acceptors (Lipinski definition) is 3. The van der Waals surface area contributed by atoms with Crippen LogP contribution in [0.1, 0.15) is 15.9 Å². The number of hydrogen-bond donors (Lipinski definition) is 2. The molecule has 17 heavy (non-hydrogen) atoms. The highest BCUT2D eigenvalue weighted by Gasteiger charge is 2.13. The highest BCUT2D eigenvalue weighted by Crippen LogP contribution is 2.10. The molecule has 0 saturated carbocycles. The Labute approximate surface area is 98.3 Å². The van der Waals surface area contributed by atoms with Gasteiger partial charge in [-0.3, -0.25) is 4.79 Å². The third-order valence-electron chi connectivity index (χ3n) is 2.28. The van der Waals surface area contributed by atoms with Crippen molar-refractivity contribution in [2.45, 2.75) is 6.92 Å². The van der Waals surface area contributed by atoms with Gasteiger partial charge in [-0.1, -0.05) is 5.16 Å². The Morgan fingerprint density at radius 2 is 2.24 bits per heavy atom. The van der Waals surface area contributed by atoms with E-state index < -0.39 is 0 Å². The van der Waals surface area contributed by atoms with E-state index in [1.807, 2.05) is 0 Å². The van der Waals surface area contributed by atoms with Gasteiger partial charge in [0.2, 0.25) is 0 Å².